The molecule has 0 saturated carbocycles. The monoisotopic (exact) mass is 714 g/mol. The average molecular weight is 715 g/mol. The number of carbonyl (C=O) groups excluding carboxylic acids is 2. The number of amides is 2. The summed E-state index contributed by atoms with van der Waals surface area (Å²) in [6.45, 7) is 3.99. The summed E-state index contributed by atoms with van der Waals surface area (Å²) in [5.74, 6) is -1.10. The fourth-order valence-electron chi connectivity index (χ4n) is 6.74. The summed E-state index contributed by atoms with van der Waals surface area (Å²) < 4.78 is 54.2. The average Bonchev–Trinajstić information content (AvgIpc) is 3.65. The van der Waals surface area contributed by atoms with Crippen LogP contribution >= 0.6 is 11.6 Å². The number of ether oxygens (including phenoxy) is 2. The second-order valence-electron chi connectivity index (χ2n) is 12.3. The van der Waals surface area contributed by atoms with Gasteiger partial charge >= 0.3 is 6.18 Å². The van der Waals surface area contributed by atoms with Gasteiger partial charge in [0, 0.05) is 13.1 Å². The summed E-state index contributed by atoms with van der Waals surface area (Å²) in [7, 11) is 0. The molecule has 0 aliphatic carbocycles. The zero-order valence-electron chi connectivity index (χ0n) is 26.8. The van der Waals surface area contributed by atoms with Crippen LogP contribution in [0.15, 0.2) is 35.4 Å². The minimum Gasteiger partial charge on any atom is -0.504 e. The number of nitrogens with zero attached hydrogens (tertiary/aromatic N) is 7. The Morgan fingerprint density at radius 2 is 1.96 bits per heavy atom. The molecule has 262 valence electrons. The Morgan fingerprint density at radius 3 is 2.64 bits per heavy atom. The molecule has 0 unspecified atom stereocenters. The lowest BCUT2D eigenvalue weighted by molar-refractivity contribution is -0.137. The maximum atomic E-state index is 14.3. The Kier molecular flexibility index (Phi) is 8.39. The molecular formula is C32H30ClF3N8O6. The van der Waals surface area contributed by atoms with E-state index >= 15 is 0 Å². The van der Waals surface area contributed by atoms with E-state index in [0.717, 1.165) is 28.3 Å². The van der Waals surface area contributed by atoms with Gasteiger partial charge in [0.2, 0.25) is 11.7 Å². The zero-order valence-corrected chi connectivity index (χ0v) is 27.5. The number of aromatic nitrogens is 6. The van der Waals surface area contributed by atoms with Crippen molar-refractivity contribution >= 4 is 40.5 Å². The van der Waals surface area contributed by atoms with E-state index in [9.17, 15) is 32.7 Å². The van der Waals surface area contributed by atoms with Crippen molar-refractivity contribution in [2.24, 2.45) is 0 Å². The molecule has 0 radical (unpaired) electrons. The molecule has 1 fully saturated rings. The molecule has 6 heterocycles. The van der Waals surface area contributed by atoms with Crippen molar-refractivity contribution in [1.29, 1.82) is 0 Å². The summed E-state index contributed by atoms with van der Waals surface area (Å²) in [6.07, 6.45) is -1.39. The van der Waals surface area contributed by atoms with Gasteiger partial charge in [0.15, 0.2) is 17.3 Å². The smallest absolute Gasteiger partial charge is 0.416 e. The van der Waals surface area contributed by atoms with Crippen LogP contribution in [-0.4, -0.2) is 77.3 Å². The highest BCUT2D eigenvalue weighted by Crippen LogP contribution is 2.48. The quantitative estimate of drug-likeness (QED) is 0.308. The summed E-state index contributed by atoms with van der Waals surface area (Å²) in [5, 5.41) is 17.2. The molecular weight excluding hydrogens is 685 g/mol. The molecule has 0 bridgehead atoms. The Morgan fingerprint density at radius 1 is 1.20 bits per heavy atom. The van der Waals surface area contributed by atoms with Crippen LogP contribution < -0.4 is 10.9 Å². The van der Waals surface area contributed by atoms with E-state index in [1.807, 2.05) is 6.08 Å². The van der Waals surface area contributed by atoms with Crippen LogP contribution in [0.3, 0.4) is 0 Å². The van der Waals surface area contributed by atoms with Crippen LogP contribution in [0, 0.1) is 6.92 Å². The van der Waals surface area contributed by atoms with Gasteiger partial charge in [0.25, 0.3) is 11.5 Å². The number of aromatic hydroxyl groups is 1. The van der Waals surface area contributed by atoms with Gasteiger partial charge in [-0.05, 0) is 56.9 Å². The van der Waals surface area contributed by atoms with Gasteiger partial charge in [-0.3, -0.25) is 14.4 Å². The lowest BCUT2D eigenvalue weighted by Crippen LogP contribution is -2.47. The number of nitrogens with one attached hydrogen (secondary N) is 1. The Bertz CT molecular complexity index is 2140. The second kappa shape index (κ2) is 12.5. The van der Waals surface area contributed by atoms with E-state index in [-0.39, 0.29) is 70.9 Å². The molecule has 1 aromatic carbocycles. The number of benzene rings is 1. The summed E-state index contributed by atoms with van der Waals surface area (Å²) in [4.78, 5) is 55.2. The van der Waals surface area contributed by atoms with Crippen molar-refractivity contribution in [3.63, 3.8) is 0 Å². The number of alkyl halides is 3. The number of fused-ring (bicyclic) bond motifs is 3. The summed E-state index contributed by atoms with van der Waals surface area (Å²) in [6, 6.07) is 2.61. The molecule has 2 amide bonds. The standard InChI is InChI=1S/C32H30ClF3N8O6/c1-16-26(46)24(38-15-37-16)29(48)42-9-7-31(8-10-42)23-25(17(2)50-31)43(14-22(45)39-21-4-3-19(13-20(21)33)32(34,35)36)30-40-27(41-44(30)28(23)47)18-5-11-49-12-6-18/h3-5,13,15,17,46H,6-12,14H2,1-2H3,(H,39,45)/t17-/m0/s1. The normalized spacial score (nSPS) is 18.7. The first-order valence-corrected chi connectivity index (χ1v) is 16.1. The highest BCUT2D eigenvalue weighted by Gasteiger charge is 2.50. The molecule has 7 rings (SSSR count). The molecule has 2 N–H and O–H groups in total. The van der Waals surface area contributed by atoms with Gasteiger partial charge in [-0.1, -0.05) is 17.7 Å². The largest absolute Gasteiger partial charge is 0.504 e. The molecule has 4 aromatic rings. The number of halogens is 4. The van der Waals surface area contributed by atoms with Crippen LogP contribution in [0.5, 0.6) is 5.75 Å². The predicted octanol–water partition coefficient (Wildman–Crippen LogP) is 4.03. The van der Waals surface area contributed by atoms with Crippen LogP contribution in [0.2, 0.25) is 5.02 Å². The van der Waals surface area contributed by atoms with E-state index in [1.165, 1.54) is 15.8 Å². The molecule has 14 nitrogen and oxygen atoms in total. The topological polar surface area (TPSA) is 166 Å². The molecule has 3 aromatic heterocycles. The third-order valence-electron chi connectivity index (χ3n) is 9.22. The first-order valence-electron chi connectivity index (χ1n) is 15.7. The number of hydrogen-bond donors (Lipinski definition) is 2. The predicted molar refractivity (Wildman–Crippen MR) is 170 cm³/mol. The number of hydrogen-bond acceptors (Lipinski definition) is 10. The SMILES string of the molecule is Cc1ncnc(C(=O)N2CCC3(CC2)O[C@@H](C)c2c3c(=O)n3nc(C4=CCOCC4)nc3n2CC(=O)Nc2ccc(C(F)(F)F)cc2Cl)c1O. The van der Waals surface area contributed by atoms with Crippen molar-refractivity contribution in [3.8, 4) is 5.75 Å². The van der Waals surface area contributed by atoms with Gasteiger partial charge < -0.3 is 29.4 Å². The number of aryl methyl sites for hydroxylation is 1. The minimum atomic E-state index is -4.62. The summed E-state index contributed by atoms with van der Waals surface area (Å²) >= 11 is 6.12. The number of anilines is 1. The molecule has 1 spiro atoms. The maximum absolute atomic E-state index is 14.3. The van der Waals surface area contributed by atoms with Gasteiger partial charge in [-0.15, -0.1) is 5.10 Å². The number of piperidine rings is 1. The fourth-order valence-corrected chi connectivity index (χ4v) is 6.97. The van der Waals surface area contributed by atoms with E-state index in [4.69, 9.17) is 21.1 Å². The molecule has 18 heteroatoms. The third-order valence-corrected chi connectivity index (χ3v) is 9.53. The van der Waals surface area contributed by atoms with Gasteiger partial charge in [0.05, 0.1) is 52.5 Å². The van der Waals surface area contributed by atoms with Crippen molar-refractivity contribution in [3.05, 3.63) is 80.0 Å². The molecule has 1 saturated heterocycles. The van der Waals surface area contributed by atoms with Crippen LogP contribution in [-0.2, 0) is 32.6 Å². The Hall–Kier alpha value is -4.87. The number of rotatable bonds is 5. The van der Waals surface area contributed by atoms with E-state index in [2.05, 4.69) is 25.4 Å². The summed E-state index contributed by atoms with van der Waals surface area (Å²) in [5.41, 5.74) is -1.09. The third kappa shape index (κ3) is 5.78. The Labute approximate surface area is 286 Å². The first kappa shape index (κ1) is 33.6. The zero-order chi connectivity index (χ0) is 35.5. The number of likely N-dealkylation sites (tertiary alicyclic amines) is 1. The molecule has 3 aliphatic rings. The maximum Gasteiger partial charge on any atom is 0.416 e. The number of carbonyl (C=O) groups is 2. The van der Waals surface area contributed by atoms with Crippen molar-refractivity contribution in [2.75, 3.05) is 31.6 Å². The van der Waals surface area contributed by atoms with E-state index < -0.39 is 47.4 Å². The lowest BCUT2D eigenvalue weighted by Gasteiger charge is -2.39. The second-order valence-corrected chi connectivity index (χ2v) is 12.7. The van der Waals surface area contributed by atoms with Crippen molar-refractivity contribution in [2.45, 2.75) is 57.5 Å². The molecule has 1 atom stereocenters. The van der Waals surface area contributed by atoms with Gasteiger partial charge in [-0.2, -0.15) is 22.7 Å². The van der Waals surface area contributed by atoms with Crippen LogP contribution in [0.1, 0.15) is 71.1 Å². The van der Waals surface area contributed by atoms with Crippen LogP contribution in [0.25, 0.3) is 11.4 Å². The van der Waals surface area contributed by atoms with E-state index in [1.54, 1.807) is 13.8 Å². The van der Waals surface area contributed by atoms with Crippen molar-refractivity contribution < 1.29 is 37.3 Å². The van der Waals surface area contributed by atoms with Gasteiger partial charge in [0.1, 0.15) is 18.5 Å². The van der Waals surface area contributed by atoms with E-state index in [0.29, 0.717) is 25.3 Å². The minimum absolute atomic E-state index is 0.0318. The van der Waals surface area contributed by atoms with Crippen LogP contribution in [0.4, 0.5) is 18.9 Å². The first-order chi connectivity index (χ1) is 23.8. The lowest BCUT2D eigenvalue weighted by atomic mass is 9.85. The fraction of sp³-hybridized carbons (Fsp3) is 0.406. The van der Waals surface area contributed by atoms with Crippen molar-refractivity contribution in [1.82, 2.24) is 34.0 Å². The Balaban J connectivity index is 1.26. The highest BCUT2D eigenvalue weighted by atomic mass is 35.5. The highest BCUT2D eigenvalue weighted by molar-refractivity contribution is 6.33. The molecule has 3 aliphatic heterocycles. The molecule has 50 heavy (non-hydrogen) atoms. The van der Waals surface area contributed by atoms with Gasteiger partial charge in [-0.25, -0.2) is 9.97 Å².